The molecule has 0 aliphatic heterocycles. The number of carbonyl (C=O) groups excluding carboxylic acids is 1. The van der Waals surface area contributed by atoms with E-state index in [4.69, 9.17) is 15.2 Å². The average molecular weight is 393 g/mol. The number of nitrogens with two attached hydrogens (primary N) is 1. The molecule has 0 bridgehead atoms. The van der Waals surface area contributed by atoms with Crippen molar-refractivity contribution in [2.24, 2.45) is 5.92 Å². The fourth-order valence-electron chi connectivity index (χ4n) is 2.43. The van der Waals surface area contributed by atoms with Gasteiger partial charge in [-0.25, -0.2) is 0 Å². The topological polar surface area (TPSA) is 73.6 Å². The van der Waals surface area contributed by atoms with Gasteiger partial charge in [-0.15, -0.1) is 12.4 Å². The number of methoxy groups -OCH3 is 1. The third-order valence-corrected chi connectivity index (χ3v) is 4.01. The molecule has 0 aromatic heterocycles. The van der Waals surface area contributed by atoms with Crippen LogP contribution < -0.4 is 20.5 Å². The SMILES string of the molecule is COc1cc(CNC(=O)Cc2ccc(N)cc2)ccc1OCCC(C)C.Cl. The van der Waals surface area contributed by atoms with Gasteiger partial charge in [-0.2, -0.15) is 0 Å². The second-order valence-corrected chi connectivity index (χ2v) is 6.71. The van der Waals surface area contributed by atoms with Gasteiger partial charge in [0.05, 0.1) is 20.1 Å². The molecule has 2 aromatic carbocycles. The third kappa shape index (κ3) is 7.79. The minimum Gasteiger partial charge on any atom is -0.493 e. The molecular weight excluding hydrogens is 364 g/mol. The Balaban J connectivity index is 0.00000364. The van der Waals surface area contributed by atoms with Crippen LogP contribution in [0.4, 0.5) is 5.69 Å². The van der Waals surface area contributed by atoms with Crippen molar-refractivity contribution >= 4 is 24.0 Å². The highest BCUT2D eigenvalue weighted by Gasteiger charge is 2.08. The van der Waals surface area contributed by atoms with E-state index in [1.807, 2.05) is 30.3 Å². The molecule has 0 heterocycles. The van der Waals surface area contributed by atoms with Crippen LogP contribution in [0.25, 0.3) is 0 Å². The molecule has 0 unspecified atom stereocenters. The first-order valence-corrected chi connectivity index (χ1v) is 8.88. The molecule has 27 heavy (non-hydrogen) atoms. The summed E-state index contributed by atoms with van der Waals surface area (Å²) in [7, 11) is 1.62. The van der Waals surface area contributed by atoms with Gasteiger partial charge >= 0.3 is 0 Å². The van der Waals surface area contributed by atoms with Gasteiger partial charge in [-0.3, -0.25) is 4.79 Å². The van der Waals surface area contributed by atoms with Crippen LogP contribution in [0.5, 0.6) is 11.5 Å². The van der Waals surface area contributed by atoms with Gasteiger partial charge in [0.1, 0.15) is 0 Å². The average Bonchev–Trinajstić information content (AvgIpc) is 2.62. The molecule has 1 amide bonds. The molecule has 148 valence electrons. The van der Waals surface area contributed by atoms with Gasteiger partial charge in [0, 0.05) is 12.2 Å². The van der Waals surface area contributed by atoms with Crippen LogP contribution in [0.2, 0.25) is 0 Å². The number of halogens is 1. The molecule has 5 nitrogen and oxygen atoms in total. The van der Waals surface area contributed by atoms with E-state index in [9.17, 15) is 4.79 Å². The van der Waals surface area contributed by atoms with Gasteiger partial charge in [-0.05, 0) is 47.7 Å². The van der Waals surface area contributed by atoms with Crippen molar-refractivity contribution in [1.29, 1.82) is 0 Å². The van der Waals surface area contributed by atoms with Crippen molar-refractivity contribution in [2.45, 2.75) is 33.2 Å². The summed E-state index contributed by atoms with van der Waals surface area (Å²) in [4.78, 5) is 12.1. The van der Waals surface area contributed by atoms with Crippen molar-refractivity contribution in [2.75, 3.05) is 19.5 Å². The lowest BCUT2D eigenvalue weighted by atomic mass is 10.1. The van der Waals surface area contributed by atoms with E-state index in [0.717, 1.165) is 23.3 Å². The Morgan fingerprint density at radius 3 is 2.37 bits per heavy atom. The van der Waals surface area contributed by atoms with E-state index in [1.165, 1.54) is 0 Å². The second kappa shape index (κ2) is 11.3. The quantitative estimate of drug-likeness (QED) is 0.633. The van der Waals surface area contributed by atoms with Crippen LogP contribution in [-0.4, -0.2) is 19.6 Å². The standard InChI is InChI=1S/C21H28N2O3.ClH/c1-15(2)10-11-26-19-9-6-17(12-20(19)25-3)14-23-21(24)13-16-4-7-18(22)8-5-16;/h4-9,12,15H,10-11,13-14,22H2,1-3H3,(H,23,24);1H. The first kappa shape index (κ1) is 22.6. The molecule has 0 aliphatic carbocycles. The van der Waals surface area contributed by atoms with Crippen LogP contribution >= 0.6 is 12.4 Å². The molecule has 2 rings (SSSR count). The summed E-state index contributed by atoms with van der Waals surface area (Å²) in [5.41, 5.74) is 8.24. The molecule has 0 radical (unpaired) electrons. The number of rotatable bonds is 9. The maximum atomic E-state index is 12.1. The number of nitrogen functional groups attached to an aromatic ring is 1. The number of carbonyl (C=O) groups is 1. The first-order valence-electron chi connectivity index (χ1n) is 8.88. The van der Waals surface area contributed by atoms with E-state index < -0.39 is 0 Å². The van der Waals surface area contributed by atoms with Crippen molar-refractivity contribution in [1.82, 2.24) is 5.32 Å². The predicted octanol–water partition coefficient (Wildman–Crippen LogP) is 3.98. The molecule has 0 saturated heterocycles. The summed E-state index contributed by atoms with van der Waals surface area (Å²) in [6, 6.07) is 13.0. The number of nitrogens with one attached hydrogen (secondary N) is 1. The fraction of sp³-hybridized carbons (Fsp3) is 0.381. The Kier molecular flexibility index (Phi) is 9.51. The van der Waals surface area contributed by atoms with Crippen LogP contribution in [0.15, 0.2) is 42.5 Å². The summed E-state index contributed by atoms with van der Waals surface area (Å²) in [6.45, 7) is 5.43. The summed E-state index contributed by atoms with van der Waals surface area (Å²) >= 11 is 0. The molecule has 0 saturated carbocycles. The number of amides is 1. The summed E-state index contributed by atoms with van der Waals surface area (Å²) < 4.78 is 11.2. The molecule has 6 heteroatoms. The van der Waals surface area contributed by atoms with Crippen LogP contribution in [0.1, 0.15) is 31.4 Å². The highest BCUT2D eigenvalue weighted by molar-refractivity contribution is 5.85. The normalized spacial score (nSPS) is 10.2. The molecule has 2 aromatic rings. The van der Waals surface area contributed by atoms with Crippen LogP contribution in [0.3, 0.4) is 0 Å². The lowest BCUT2D eigenvalue weighted by Gasteiger charge is -2.13. The molecule has 3 N–H and O–H groups in total. The summed E-state index contributed by atoms with van der Waals surface area (Å²) in [6.07, 6.45) is 1.32. The van der Waals surface area contributed by atoms with E-state index in [-0.39, 0.29) is 18.3 Å². The molecule has 0 atom stereocenters. The van der Waals surface area contributed by atoms with Gasteiger partial charge in [0.2, 0.25) is 5.91 Å². The Hall–Kier alpha value is -2.40. The minimum absolute atomic E-state index is 0. The van der Waals surface area contributed by atoms with Gasteiger partial charge in [0.15, 0.2) is 11.5 Å². The van der Waals surface area contributed by atoms with Crippen molar-refractivity contribution in [3.05, 3.63) is 53.6 Å². The van der Waals surface area contributed by atoms with Gasteiger partial charge in [0.25, 0.3) is 0 Å². The lowest BCUT2D eigenvalue weighted by molar-refractivity contribution is -0.120. The molecule has 0 spiro atoms. The van der Waals surface area contributed by atoms with E-state index >= 15 is 0 Å². The first-order chi connectivity index (χ1) is 12.5. The Bertz CT molecular complexity index is 718. The van der Waals surface area contributed by atoms with Crippen molar-refractivity contribution in [3.8, 4) is 11.5 Å². The fourth-order valence-corrected chi connectivity index (χ4v) is 2.43. The molecule has 0 aliphatic rings. The summed E-state index contributed by atoms with van der Waals surface area (Å²) in [5, 5.41) is 2.92. The maximum Gasteiger partial charge on any atom is 0.224 e. The van der Waals surface area contributed by atoms with E-state index in [0.29, 0.717) is 36.9 Å². The number of hydrogen-bond acceptors (Lipinski definition) is 4. The molecular formula is C21H29ClN2O3. The number of benzene rings is 2. The van der Waals surface area contributed by atoms with Crippen molar-refractivity contribution in [3.63, 3.8) is 0 Å². The summed E-state index contributed by atoms with van der Waals surface area (Å²) in [5.74, 6) is 1.96. The Labute approximate surface area is 167 Å². The Morgan fingerprint density at radius 2 is 1.74 bits per heavy atom. The lowest BCUT2D eigenvalue weighted by Crippen LogP contribution is -2.24. The highest BCUT2D eigenvalue weighted by Crippen LogP contribution is 2.28. The maximum absolute atomic E-state index is 12.1. The van der Waals surface area contributed by atoms with Crippen LogP contribution in [0, 0.1) is 5.92 Å². The van der Waals surface area contributed by atoms with Crippen LogP contribution in [-0.2, 0) is 17.8 Å². The predicted molar refractivity (Wildman–Crippen MR) is 112 cm³/mol. The monoisotopic (exact) mass is 392 g/mol. The third-order valence-electron chi connectivity index (χ3n) is 4.01. The zero-order valence-corrected chi connectivity index (χ0v) is 17.0. The van der Waals surface area contributed by atoms with E-state index in [2.05, 4.69) is 19.2 Å². The minimum atomic E-state index is -0.0361. The number of hydrogen-bond donors (Lipinski definition) is 2. The highest BCUT2D eigenvalue weighted by atomic mass is 35.5. The zero-order valence-electron chi connectivity index (χ0n) is 16.2. The largest absolute Gasteiger partial charge is 0.493 e. The zero-order chi connectivity index (χ0) is 18.9. The number of anilines is 1. The van der Waals surface area contributed by atoms with Gasteiger partial charge < -0.3 is 20.5 Å². The van der Waals surface area contributed by atoms with Crippen molar-refractivity contribution < 1.29 is 14.3 Å². The van der Waals surface area contributed by atoms with E-state index in [1.54, 1.807) is 19.2 Å². The second-order valence-electron chi connectivity index (χ2n) is 6.71. The molecule has 0 fully saturated rings. The van der Waals surface area contributed by atoms with Gasteiger partial charge in [-0.1, -0.05) is 32.0 Å². The number of ether oxygens (including phenoxy) is 2. The smallest absolute Gasteiger partial charge is 0.224 e. The Morgan fingerprint density at radius 1 is 1.07 bits per heavy atom.